The van der Waals surface area contributed by atoms with Gasteiger partial charge in [-0.15, -0.1) is 8.78 Å². The Bertz CT molecular complexity index is 1060. The van der Waals surface area contributed by atoms with Crippen LogP contribution in [0.4, 0.5) is 18.9 Å². The Hall–Kier alpha value is -3.18. The van der Waals surface area contributed by atoms with Gasteiger partial charge in [-0.25, -0.2) is 4.39 Å². The van der Waals surface area contributed by atoms with Gasteiger partial charge >= 0.3 is 6.29 Å². The lowest BCUT2D eigenvalue weighted by atomic mass is 10.00. The molecule has 8 nitrogen and oxygen atoms in total. The van der Waals surface area contributed by atoms with Crippen molar-refractivity contribution in [1.29, 1.82) is 0 Å². The number of halogens is 4. The van der Waals surface area contributed by atoms with Crippen LogP contribution in [0.25, 0.3) is 0 Å². The zero-order chi connectivity index (χ0) is 23.6. The van der Waals surface area contributed by atoms with Crippen LogP contribution in [0.1, 0.15) is 12.8 Å². The largest absolute Gasteiger partial charge is 0.586 e. The average molecular weight is 486 g/mol. The Labute approximate surface area is 191 Å². The minimum atomic E-state index is -3.73. The lowest BCUT2D eigenvalue weighted by Gasteiger charge is -2.29. The summed E-state index contributed by atoms with van der Waals surface area (Å²) in [5.41, 5.74) is 0.285. The molecule has 0 bridgehead atoms. The van der Waals surface area contributed by atoms with E-state index in [-0.39, 0.29) is 46.5 Å². The summed E-state index contributed by atoms with van der Waals surface area (Å²) in [6, 6.07) is 7.10. The van der Waals surface area contributed by atoms with E-state index in [1.807, 2.05) is 0 Å². The van der Waals surface area contributed by atoms with Gasteiger partial charge in [0, 0.05) is 30.4 Å². The first-order valence-electron chi connectivity index (χ1n) is 10.00. The predicted octanol–water partition coefficient (Wildman–Crippen LogP) is 3.05. The van der Waals surface area contributed by atoms with Gasteiger partial charge in [0.15, 0.2) is 18.1 Å². The van der Waals surface area contributed by atoms with Crippen molar-refractivity contribution in [1.82, 2.24) is 10.6 Å². The highest BCUT2D eigenvalue weighted by molar-refractivity contribution is 6.30. The molecule has 2 aliphatic rings. The number of carbonyl (C=O) groups excluding carboxylic acids is 2. The maximum absolute atomic E-state index is 13.4. The summed E-state index contributed by atoms with van der Waals surface area (Å²) in [5.74, 6) is -1.49. The van der Waals surface area contributed by atoms with E-state index in [2.05, 4.69) is 25.4 Å². The van der Waals surface area contributed by atoms with Crippen molar-refractivity contribution in [3.8, 4) is 17.2 Å². The fourth-order valence-electron chi connectivity index (χ4n) is 3.44. The Morgan fingerprint density at radius 2 is 1.94 bits per heavy atom. The molecule has 0 aromatic heterocycles. The number of carbonyl (C=O) groups is 2. The van der Waals surface area contributed by atoms with E-state index in [0.717, 1.165) is 6.07 Å². The minimum Gasteiger partial charge on any atom is -0.484 e. The van der Waals surface area contributed by atoms with Crippen molar-refractivity contribution in [2.24, 2.45) is 0 Å². The lowest BCUT2D eigenvalue weighted by molar-refractivity contribution is -0.286. The Morgan fingerprint density at radius 1 is 1.15 bits per heavy atom. The van der Waals surface area contributed by atoms with Crippen LogP contribution in [0, 0.1) is 5.82 Å². The number of anilines is 1. The quantitative estimate of drug-likeness (QED) is 0.582. The number of fused-ring (bicyclic) bond motifs is 1. The Kier molecular flexibility index (Phi) is 6.52. The molecule has 2 unspecified atom stereocenters. The SMILES string of the molecule is O=C(COc1ccc(Cl)c(F)c1)NC1CCC(C(=O)Nc2ccc3c(c2)OC(F)(F)O3)NC1. The molecule has 1 fully saturated rings. The number of nitrogens with one attached hydrogen (secondary N) is 3. The van der Waals surface area contributed by atoms with Crippen LogP contribution in [-0.2, 0) is 9.59 Å². The molecule has 176 valence electrons. The van der Waals surface area contributed by atoms with Crippen LogP contribution in [0.2, 0.25) is 5.02 Å². The normalized spacial score (nSPS) is 20.7. The van der Waals surface area contributed by atoms with E-state index in [9.17, 15) is 22.8 Å². The van der Waals surface area contributed by atoms with E-state index >= 15 is 0 Å². The molecule has 12 heteroatoms. The molecule has 0 aliphatic carbocycles. The molecule has 0 saturated carbocycles. The van der Waals surface area contributed by atoms with E-state index in [4.69, 9.17) is 16.3 Å². The van der Waals surface area contributed by atoms with E-state index < -0.39 is 24.1 Å². The van der Waals surface area contributed by atoms with E-state index in [1.165, 1.54) is 30.3 Å². The highest BCUT2D eigenvalue weighted by Gasteiger charge is 2.43. The highest BCUT2D eigenvalue weighted by atomic mass is 35.5. The van der Waals surface area contributed by atoms with Gasteiger partial charge < -0.3 is 30.2 Å². The zero-order valence-electron chi connectivity index (χ0n) is 17.0. The molecule has 2 aromatic carbocycles. The van der Waals surface area contributed by atoms with Gasteiger partial charge in [-0.05, 0) is 37.1 Å². The summed E-state index contributed by atoms with van der Waals surface area (Å²) in [7, 11) is 0. The first-order chi connectivity index (χ1) is 15.7. The van der Waals surface area contributed by atoms with Gasteiger partial charge in [-0.3, -0.25) is 9.59 Å². The van der Waals surface area contributed by atoms with Crippen LogP contribution in [0.3, 0.4) is 0 Å². The van der Waals surface area contributed by atoms with Crippen molar-refractivity contribution < 1.29 is 37.0 Å². The molecule has 0 radical (unpaired) electrons. The summed E-state index contributed by atoms with van der Waals surface area (Å²) >= 11 is 5.60. The fraction of sp³-hybridized carbons (Fsp3) is 0.333. The number of hydrogen-bond acceptors (Lipinski definition) is 6. The second-order valence-electron chi connectivity index (χ2n) is 7.49. The molecule has 2 aliphatic heterocycles. The number of amides is 2. The third kappa shape index (κ3) is 5.79. The lowest BCUT2D eigenvalue weighted by Crippen LogP contribution is -2.53. The van der Waals surface area contributed by atoms with Crippen LogP contribution >= 0.6 is 11.6 Å². The number of benzene rings is 2. The molecular formula is C21H19ClF3N3O5. The third-order valence-corrected chi connectivity index (χ3v) is 5.33. The first-order valence-corrected chi connectivity index (χ1v) is 10.4. The van der Waals surface area contributed by atoms with Crippen LogP contribution < -0.4 is 30.2 Å². The van der Waals surface area contributed by atoms with Crippen LogP contribution in [-0.4, -0.2) is 43.3 Å². The molecule has 2 atom stereocenters. The predicted molar refractivity (Wildman–Crippen MR) is 111 cm³/mol. The Balaban J connectivity index is 1.20. The van der Waals surface area contributed by atoms with Gasteiger partial charge in [0.1, 0.15) is 11.6 Å². The van der Waals surface area contributed by atoms with Crippen molar-refractivity contribution in [3.63, 3.8) is 0 Å². The minimum absolute atomic E-state index is 0.0428. The second-order valence-corrected chi connectivity index (χ2v) is 7.89. The topological polar surface area (TPSA) is 97.9 Å². The fourth-order valence-corrected chi connectivity index (χ4v) is 3.56. The summed E-state index contributed by atoms with van der Waals surface area (Å²) in [4.78, 5) is 24.6. The number of alkyl halides is 2. The number of rotatable bonds is 6. The van der Waals surface area contributed by atoms with Crippen molar-refractivity contribution in [2.45, 2.75) is 31.2 Å². The van der Waals surface area contributed by atoms with Crippen LogP contribution in [0.15, 0.2) is 36.4 Å². The van der Waals surface area contributed by atoms with Crippen molar-refractivity contribution >= 4 is 29.1 Å². The van der Waals surface area contributed by atoms with Crippen molar-refractivity contribution in [3.05, 3.63) is 47.2 Å². The van der Waals surface area contributed by atoms with E-state index in [1.54, 1.807) is 0 Å². The highest BCUT2D eigenvalue weighted by Crippen LogP contribution is 2.42. The van der Waals surface area contributed by atoms with E-state index in [0.29, 0.717) is 19.4 Å². The first kappa shape index (κ1) is 23.0. The maximum Gasteiger partial charge on any atom is 0.586 e. The molecule has 0 spiro atoms. The second kappa shape index (κ2) is 9.36. The molecule has 1 saturated heterocycles. The molecule has 2 heterocycles. The molecule has 3 N–H and O–H groups in total. The molecule has 2 amide bonds. The maximum atomic E-state index is 13.4. The third-order valence-electron chi connectivity index (χ3n) is 5.03. The van der Waals surface area contributed by atoms with Crippen LogP contribution in [0.5, 0.6) is 17.2 Å². The number of piperidine rings is 1. The Morgan fingerprint density at radius 3 is 2.67 bits per heavy atom. The average Bonchev–Trinajstić information content (AvgIpc) is 3.08. The summed E-state index contributed by atoms with van der Waals surface area (Å²) < 4.78 is 53.6. The number of ether oxygens (including phenoxy) is 3. The summed E-state index contributed by atoms with van der Waals surface area (Å²) in [5, 5.41) is 8.42. The summed E-state index contributed by atoms with van der Waals surface area (Å²) in [6.45, 7) is 0.0391. The van der Waals surface area contributed by atoms with Gasteiger partial charge in [0.05, 0.1) is 11.1 Å². The zero-order valence-corrected chi connectivity index (χ0v) is 17.8. The molecule has 2 aromatic rings. The van der Waals surface area contributed by atoms with Gasteiger partial charge in [-0.1, -0.05) is 11.6 Å². The molecular weight excluding hydrogens is 467 g/mol. The summed E-state index contributed by atoms with van der Waals surface area (Å²) in [6.07, 6.45) is -2.77. The van der Waals surface area contributed by atoms with Crippen molar-refractivity contribution in [2.75, 3.05) is 18.5 Å². The molecule has 4 rings (SSSR count). The van der Waals surface area contributed by atoms with Gasteiger partial charge in [0.2, 0.25) is 5.91 Å². The smallest absolute Gasteiger partial charge is 0.484 e. The number of hydrogen-bond donors (Lipinski definition) is 3. The monoisotopic (exact) mass is 485 g/mol. The van der Waals surface area contributed by atoms with Gasteiger partial charge in [-0.2, -0.15) is 0 Å². The molecule has 33 heavy (non-hydrogen) atoms. The standard InChI is InChI=1S/C21H19ClF3N3O5/c22-14-4-3-13(8-15(14)23)31-10-19(29)27-12-1-5-16(26-9-12)20(30)28-11-2-6-17-18(7-11)33-21(24,25)32-17/h2-4,6-8,12,16,26H,1,5,9-10H2,(H,27,29)(H,28,30). The van der Waals surface area contributed by atoms with Gasteiger partial charge in [0.25, 0.3) is 5.91 Å².